The predicted molar refractivity (Wildman–Crippen MR) is 82.4 cm³/mol. The molecular weight excluding hydrogens is 352 g/mol. The van der Waals surface area contributed by atoms with Gasteiger partial charge in [-0.05, 0) is 51.0 Å². The molecule has 0 amide bonds. The van der Waals surface area contributed by atoms with E-state index in [9.17, 15) is 4.79 Å². The number of aromatic nitrogens is 2. The third-order valence-corrected chi connectivity index (χ3v) is 5.72. The third kappa shape index (κ3) is 2.01. The summed E-state index contributed by atoms with van der Waals surface area (Å²) in [5.74, 6) is 0. The molecule has 18 heavy (non-hydrogen) atoms. The summed E-state index contributed by atoms with van der Waals surface area (Å²) >= 11 is 11.8. The van der Waals surface area contributed by atoms with Crippen molar-refractivity contribution in [2.24, 2.45) is 0 Å². The van der Waals surface area contributed by atoms with Crippen LogP contribution in [0.5, 0.6) is 0 Å². The first-order chi connectivity index (χ1) is 8.66. The van der Waals surface area contributed by atoms with Gasteiger partial charge in [0.2, 0.25) is 0 Å². The van der Waals surface area contributed by atoms with Crippen molar-refractivity contribution in [3.8, 4) is 0 Å². The lowest BCUT2D eigenvalue weighted by atomic mass is 10.4. The molecule has 0 bridgehead atoms. The van der Waals surface area contributed by atoms with E-state index in [0.29, 0.717) is 11.3 Å². The quantitative estimate of drug-likeness (QED) is 0.703. The number of hydrogen-bond donors (Lipinski definition) is 1. The summed E-state index contributed by atoms with van der Waals surface area (Å²) in [6.07, 6.45) is 0. The van der Waals surface area contributed by atoms with Crippen molar-refractivity contribution in [1.29, 1.82) is 0 Å². The Hall–Kier alpha value is -0.760. The van der Waals surface area contributed by atoms with E-state index in [4.69, 9.17) is 12.2 Å². The number of aromatic amines is 1. The smallest absolute Gasteiger partial charge is 0.272 e. The van der Waals surface area contributed by atoms with Crippen molar-refractivity contribution in [2.45, 2.75) is 6.54 Å². The molecule has 0 aliphatic heterocycles. The van der Waals surface area contributed by atoms with Crippen LogP contribution in [0.15, 0.2) is 32.2 Å². The largest absolute Gasteiger partial charge is 0.331 e. The molecule has 0 aromatic carbocycles. The third-order valence-electron chi connectivity index (χ3n) is 2.58. The van der Waals surface area contributed by atoms with E-state index in [1.54, 1.807) is 15.9 Å². The van der Waals surface area contributed by atoms with E-state index in [2.05, 4.69) is 20.9 Å². The van der Waals surface area contributed by atoms with E-state index >= 15 is 0 Å². The van der Waals surface area contributed by atoms with Gasteiger partial charge in [-0.15, -0.1) is 22.7 Å². The van der Waals surface area contributed by atoms with E-state index < -0.39 is 0 Å². The maximum absolute atomic E-state index is 12.3. The number of nitrogens with zero attached hydrogens (tertiary/aromatic N) is 1. The first kappa shape index (κ1) is 12.3. The zero-order valence-corrected chi connectivity index (χ0v) is 13.0. The Bertz CT molecular complexity index is 827. The second kappa shape index (κ2) is 4.73. The number of nitrogens with one attached hydrogen (secondary N) is 1. The van der Waals surface area contributed by atoms with E-state index in [-0.39, 0.29) is 5.56 Å². The Balaban J connectivity index is 2.20. The monoisotopic (exact) mass is 358 g/mol. The Morgan fingerprint density at radius 1 is 1.33 bits per heavy atom. The molecule has 92 valence electrons. The Morgan fingerprint density at radius 3 is 2.83 bits per heavy atom. The zero-order valence-electron chi connectivity index (χ0n) is 8.97. The summed E-state index contributed by atoms with van der Waals surface area (Å²) < 4.78 is 3.80. The minimum Gasteiger partial charge on any atom is -0.331 e. The summed E-state index contributed by atoms with van der Waals surface area (Å²) in [6, 6.07) is 3.85. The van der Waals surface area contributed by atoms with Gasteiger partial charge in [-0.1, -0.05) is 0 Å². The van der Waals surface area contributed by atoms with Gasteiger partial charge in [0.05, 0.1) is 12.1 Å². The SMILES string of the molecule is O=c1c2sccc2[nH]c(=S)n1Cc1sccc1Br. The average molecular weight is 359 g/mol. The lowest BCUT2D eigenvalue weighted by Gasteiger charge is -2.05. The lowest BCUT2D eigenvalue weighted by Crippen LogP contribution is -2.21. The fraction of sp³-hybridized carbons (Fsp3) is 0.0909. The first-order valence-electron chi connectivity index (χ1n) is 5.09. The first-order valence-corrected chi connectivity index (χ1v) is 8.05. The molecule has 0 atom stereocenters. The van der Waals surface area contributed by atoms with Gasteiger partial charge in [0.25, 0.3) is 5.56 Å². The highest BCUT2D eigenvalue weighted by Crippen LogP contribution is 2.23. The molecular formula is C11H7BrN2OS3. The van der Waals surface area contributed by atoms with E-state index in [1.807, 2.05) is 22.9 Å². The van der Waals surface area contributed by atoms with Gasteiger partial charge in [-0.25, -0.2) is 0 Å². The number of hydrogen-bond acceptors (Lipinski definition) is 4. The highest BCUT2D eigenvalue weighted by atomic mass is 79.9. The Kier molecular flexibility index (Phi) is 3.23. The van der Waals surface area contributed by atoms with Crippen LogP contribution in [0.3, 0.4) is 0 Å². The second-order valence-corrected chi connectivity index (χ2v) is 6.83. The molecule has 3 aromatic rings. The maximum Gasteiger partial charge on any atom is 0.272 e. The average Bonchev–Trinajstić information content (AvgIpc) is 2.94. The van der Waals surface area contributed by atoms with Gasteiger partial charge in [-0.3, -0.25) is 9.36 Å². The van der Waals surface area contributed by atoms with Crippen LogP contribution in [0.1, 0.15) is 4.88 Å². The number of rotatable bonds is 2. The van der Waals surface area contributed by atoms with Gasteiger partial charge in [-0.2, -0.15) is 0 Å². The van der Waals surface area contributed by atoms with Crippen LogP contribution in [-0.4, -0.2) is 9.55 Å². The molecule has 7 heteroatoms. The minimum absolute atomic E-state index is 0.0240. The fourth-order valence-electron chi connectivity index (χ4n) is 1.70. The summed E-state index contributed by atoms with van der Waals surface area (Å²) in [5, 5.41) is 3.88. The zero-order chi connectivity index (χ0) is 12.7. The molecule has 0 unspecified atom stereocenters. The number of H-pyrrole nitrogens is 1. The summed E-state index contributed by atoms with van der Waals surface area (Å²) in [4.78, 5) is 16.5. The van der Waals surface area contributed by atoms with Crippen molar-refractivity contribution < 1.29 is 0 Å². The van der Waals surface area contributed by atoms with Gasteiger partial charge < -0.3 is 4.98 Å². The molecule has 3 nitrogen and oxygen atoms in total. The molecule has 0 saturated carbocycles. The molecule has 0 saturated heterocycles. The van der Waals surface area contributed by atoms with Crippen LogP contribution < -0.4 is 5.56 Å². The van der Waals surface area contributed by atoms with Crippen molar-refractivity contribution in [2.75, 3.05) is 0 Å². The lowest BCUT2D eigenvalue weighted by molar-refractivity contribution is 0.743. The normalized spacial score (nSPS) is 11.2. The molecule has 0 radical (unpaired) electrons. The van der Waals surface area contributed by atoms with Crippen molar-refractivity contribution in [1.82, 2.24) is 9.55 Å². The molecule has 0 aliphatic carbocycles. The van der Waals surface area contributed by atoms with Gasteiger partial charge >= 0.3 is 0 Å². The molecule has 3 rings (SSSR count). The van der Waals surface area contributed by atoms with Crippen LogP contribution >= 0.6 is 50.8 Å². The topological polar surface area (TPSA) is 37.8 Å². The van der Waals surface area contributed by atoms with Crippen LogP contribution in [0.4, 0.5) is 0 Å². The Morgan fingerprint density at radius 2 is 2.11 bits per heavy atom. The van der Waals surface area contributed by atoms with Crippen molar-refractivity contribution in [3.63, 3.8) is 0 Å². The van der Waals surface area contributed by atoms with Gasteiger partial charge in [0.1, 0.15) is 4.70 Å². The summed E-state index contributed by atoms with van der Waals surface area (Å²) in [7, 11) is 0. The molecule has 0 aliphatic rings. The number of halogens is 1. The molecule has 3 heterocycles. The molecule has 1 N–H and O–H groups in total. The van der Waals surface area contributed by atoms with Crippen LogP contribution in [-0.2, 0) is 6.54 Å². The summed E-state index contributed by atoms with van der Waals surface area (Å²) in [6.45, 7) is 0.500. The number of fused-ring (bicyclic) bond motifs is 1. The van der Waals surface area contributed by atoms with Crippen LogP contribution in [0, 0.1) is 4.77 Å². The Labute approximate surface area is 124 Å². The maximum atomic E-state index is 12.3. The van der Waals surface area contributed by atoms with Gasteiger partial charge in [0, 0.05) is 9.35 Å². The van der Waals surface area contributed by atoms with Crippen molar-refractivity contribution >= 4 is 61.0 Å². The highest BCUT2D eigenvalue weighted by molar-refractivity contribution is 9.10. The van der Waals surface area contributed by atoms with E-state index in [1.165, 1.54) is 11.3 Å². The standard InChI is InChI=1S/C11H7BrN2OS3/c12-6-1-3-17-8(6)5-14-10(15)9-7(2-4-18-9)13-11(14)16/h1-4H,5H2,(H,13,16). The van der Waals surface area contributed by atoms with Crippen LogP contribution in [0.2, 0.25) is 0 Å². The summed E-state index contributed by atoms with van der Waals surface area (Å²) in [5.41, 5.74) is 0.792. The molecule has 0 spiro atoms. The van der Waals surface area contributed by atoms with Gasteiger partial charge in [0.15, 0.2) is 4.77 Å². The second-order valence-electron chi connectivity index (χ2n) is 3.68. The van der Waals surface area contributed by atoms with E-state index in [0.717, 1.165) is 19.6 Å². The highest BCUT2D eigenvalue weighted by Gasteiger charge is 2.09. The molecule has 3 aromatic heterocycles. The minimum atomic E-state index is -0.0240. The molecule has 0 fully saturated rings. The predicted octanol–water partition coefficient (Wildman–Crippen LogP) is 3.99. The van der Waals surface area contributed by atoms with Crippen LogP contribution in [0.25, 0.3) is 10.2 Å². The number of thiophene rings is 2. The fourth-order valence-corrected chi connectivity index (χ4v) is 4.22. The van der Waals surface area contributed by atoms with Crippen molar-refractivity contribution in [3.05, 3.63) is 47.4 Å².